The number of hydrogen-bond donors (Lipinski definition) is 2. The summed E-state index contributed by atoms with van der Waals surface area (Å²) in [5.41, 5.74) is 5.84. The minimum absolute atomic E-state index is 0. The minimum Gasteiger partial charge on any atom is -0.334 e. The fourth-order valence-corrected chi connectivity index (χ4v) is 2.88. The van der Waals surface area contributed by atoms with Crippen molar-refractivity contribution >= 4 is 28.1 Å². The molecule has 1 aromatic carbocycles. The number of aromatic nitrogens is 2. The normalized spacial score (nSPS) is 16.3. The lowest BCUT2D eigenvalue weighted by Crippen LogP contribution is -2.44. The Hall–Kier alpha value is -1.71. The van der Waals surface area contributed by atoms with Crippen molar-refractivity contribution in [2.75, 3.05) is 11.0 Å². The molecule has 3 N–H and O–H groups in total. The second-order valence-corrected chi connectivity index (χ2v) is 7.25. The lowest BCUT2D eigenvalue weighted by atomic mass is 9.77. The SMILES string of the molecule is CS(=O)(=O)Nc1ccc(F)cc1-c1nc(C2(N)CCC2)no1.Cl. The van der Waals surface area contributed by atoms with E-state index in [2.05, 4.69) is 14.9 Å². The van der Waals surface area contributed by atoms with E-state index in [1.807, 2.05) is 0 Å². The zero-order valence-electron chi connectivity index (χ0n) is 12.2. The van der Waals surface area contributed by atoms with Gasteiger partial charge in [0.05, 0.1) is 23.0 Å². The summed E-state index contributed by atoms with van der Waals surface area (Å²) in [6.07, 6.45) is 3.50. The Bertz CT molecular complexity index is 820. The van der Waals surface area contributed by atoms with Gasteiger partial charge in [0.25, 0.3) is 5.89 Å². The molecule has 1 saturated carbocycles. The van der Waals surface area contributed by atoms with Gasteiger partial charge in [-0.3, -0.25) is 4.72 Å². The third kappa shape index (κ3) is 3.62. The molecule has 1 aliphatic rings. The van der Waals surface area contributed by atoms with E-state index in [1.54, 1.807) is 0 Å². The molecule has 1 heterocycles. The quantitative estimate of drug-likeness (QED) is 0.860. The highest BCUT2D eigenvalue weighted by molar-refractivity contribution is 7.92. The van der Waals surface area contributed by atoms with Gasteiger partial charge in [-0.15, -0.1) is 12.4 Å². The second kappa shape index (κ2) is 6.06. The summed E-state index contributed by atoms with van der Waals surface area (Å²) in [6, 6.07) is 3.58. The Morgan fingerprint density at radius 3 is 2.65 bits per heavy atom. The number of nitrogens with zero attached hydrogens (tertiary/aromatic N) is 2. The van der Waals surface area contributed by atoms with Gasteiger partial charge in [-0.1, -0.05) is 5.16 Å². The molecule has 0 radical (unpaired) electrons. The molecular weight excluding hydrogens is 347 g/mol. The van der Waals surface area contributed by atoms with Crippen LogP contribution >= 0.6 is 12.4 Å². The van der Waals surface area contributed by atoms with Gasteiger partial charge in [0.1, 0.15) is 5.82 Å². The number of nitrogens with two attached hydrogens (primary N) is 1. The molecule has 0 atom stereocenters. The molecular formula is C13H16ClFN4O3S. The van der Waals surface area contributed by atoms with Crippen LogP contribution in [-0.2, 0) is 15.6 Å². The molecule has 7 nitrogen and oxygen atoms in total. The average molecular weight is 363 g/mol. The fourth-order valence-electron chi connectivity index (χ4n) is 2.30. The van der Waals surface area contributed by atoms with Gasteiger partial charge in [-0.25, -0.2) is 12.8 Å². The number of sulfonamides is 1. The van der Waals surface area contributed by atoms with Gasteiger partial charge in [0.15, 0.2) is 5.82 Å². The van der Waals surface area contributed by atoms with Crippen LogP contribution in [0, 0.1) is 5.82 Å². The summed E-state index contributed by atoms with van der Waals surface area (Å²) in [7, 11) is -3.52. The lowest BCUT2D eigenvalue weighted by molar-refractivity contribution is 0.229. The molecule has 3 rings (SSSR count). The molecule has 2 aromatic rings. The van der Waals surface area contributed by atoms with Gasteiger partial charge in [-0.05, 0) is 37.5 Å². The van der Waals surface area contributed by atoms with E-state index in [1.165, 1.54) is 6.07 Å². The van der Waals surface area contributed by atoms with Gasteiger partial charge in [0.2, 0.25) is 10.0 Å². The van der Waals surface area contributed by atoms with Crippen LogP contribution in [-0.4, -0.2) is 24.8 Å². The molecule has 0 saturated heterocycles. The van der Waals surface area contributed by atoms with Crippen molar-refractivity contribution < 1.29 is 17.3 Å². The van der Waals surface area contributed by atoms with Crippen molar-refractivity contribution in [1.82, 2.24) is 10.1 Å². The van der Waals surface area contributed by atoms with Gasteiger partial charge >= 0.3 is 0 Å². The Balaban J connectivity index is 0.00000192. The average Bonchev–Trinajstić information content (AvgIpc) is 2.86. The van der Waals surface area contributed by atoms with Crippen LogP contribution in [0.25, 0.3) is 11.5 Å². The maximum atomic E-state index is 13.5. The number of benzene rings is 1. The van der Waals surface area contributed by atoms with Crippen molar-refractivity contribution in [2.24, 2.45) is 5.73 Å². The van der Waals surface area contributed by atoms with E-state index in [0.29, 0.717) is 5.82 Å². The lowest BCUT2D eigenvalue weighted by Gasteiger charge is -2.34. The van der Waals surface area contributed by atoms with Crippen LogP contribution in [0.2, 0.25) is 0 Å². The topological polar surface area (TPSA) is 111 Å². The summed E-state index contributed by atoms with van der Waals surface area (Å²) in [4.78, 5) is 4.20. The Kier molecular flexibility index (Phi) is 4.65. The standard InChI is InChI=1S/C13H15FN4O3S.ClH/c1-22(19,20)18-10-4-3-8(14)7-9(10)11-16-12(17-21-11)13(15)5-2-6-13;/h3-4,7,18H,2,5-6,15H2,1H3;1H. The Morgan fingerprint density at radius 1 is 1.39 bits per heavy atom. The highest BCUT2D eigenvalue weighted by Gasteiger charge is 2.39. The molecule has 0 amide bonds. The third-order valence-electron chi connectivity index (χ3n) is 3.62. The Morgan fingerprint density at radius 2 is 2.09 bits per heavy atom. The fraction of sp³-hybridized carbons (Fsp3) is 0.385. The molecule has 10 heteroatoms. The van der Waals surface area contributed by atoms with Crippen LogP contribution < -0.4 is 10.5 Å². The zero-order valence-corrected chi connectivity index (χ0v) is 13.9. The predicted octanol–water partition coefficient (Wildman–Crippen LogP) is 2.01. The van der Waals surface area contributed by atoms with E-state index in [0.717, 1.165) is 37.7 Å². The number of halogens is 2. The second-order valence-electron chi connectivity index (χ2n) is 5.50. The van der Waals surface area contributed by atoms with Gasteiger partial charge < -0.3 is 10.3 Å². The molecule has 1 fully saturated rings. The number of nitrogens with one attached hydrogen (secondary N) is 1. The molecule has 126 valence electrons. The van der Waals surface area contributed by atoms with Crippen molar-refractivity contribution in [3.63, 3.8) is 0 Å². The first kappa shape index (κ1) is 17.6. The molecule has 1 aromatic heterocycles. The largest absolute Gasteiger partial charge is 0.334 e. The minimum atomic E-state index is -3.52. The summed E-state index contributed by atoms with van der Waals surface area (Å²) >= 11 is 0. The van der Waals surface area contributed by atoms with Crippen molar-refractivity contribution in [1.29, 1.82) is 0 Å². The maximum Gasteiger partial charge on any atom is 0.260 e. The first-order chi connectivity index (χ1) is 10.3. The summed E-state index contributed by atoms with van der Waals surface area (Å²) < 4.78 is 43.7. The molecule has 0 bridgehead atoms. The summed E-state index contributed by atoms with van der Waals surface area (Å²) in [5, 5.41) is 3.84. The monoisotopic (exact) mass is 362 g/mol. The molecule has 23 heavy (non-hydrogen) atoms. The molecule has 1 aliphatic carbocycles. The van der Waals surface area contributed by atoms with Crippen molar-refractivity contribution in [2.45, 2.75) is 24.8 Å². The van der Waals surface area contributed by atoms with E-state index in [4.69, 9.17) is 10.3 Å². The Labute approximate surface area is 138 Å². The summed E-state index contributed by atoms with van der Waals surface area (Å²) in [5.74, 6) is -0.166. The molecule has 0 aliphatic heterocycles. The number of rotatable bonds is 4. The van der Waals surface area contributed by atoms with Gasteiger partial charge in [-0.2, -0.15) is 4.98 Å². The molecule has 0 spiro atoms. The zero-order chi connectivity index (χ0) is 16.0. The number of hydrogen-bond acceptors (Lipinski definition) is 6. The van der Waals surface area contributed by atoms with Crippen LogP contribution in [0.3, 0.4) is 0 Å². The van der Waals surface area contributed by atoms with Crippen LogP contribution in [0.5, 0.6) is 0 Å². The predicted molar refractivity (Wildman–Crippen MR) is 85.1 cm³/mol. The van der Waals surface area contributed by atoms with Crippen molar-refractivity contribution in [3.05, 3.63) is 29.8 Å². The number of anilines is 1. The molecule has 0 unspecified atom stereocenters. The highest BCUT2D eigenvalue weighted by atomic mass is 35.5. The summed E-state index contributed by atoms with van der Waals surface area (Å²) in [6.45, 7) is 0. The van der Waals surface area contributed by atoms with E-state index in [-0.39, 0.29) is 29.5 Å². The van der Waals surface area contributed by atoms with E-state index in [9.17, 15) is 12.8 Å². The van der Waals surface area contributed by atoms with Gasteiger partial charge in [0, 0.05) is 0 Å². The first-order valence-corrected chi connectivity index (χ1v) is 8.57. The van der Waals surface area contributed by atoms with E-state index >= 15 is 0 Å². The first-order valence-electron chi connectivity index (χ1n) is 6.68. The van der Waals surface area contributed by atoms with Crippen LogP contribution in [0.4, 0.5) is 10.1 Å². The third-order valence-corrected chi connectivity index (χ3v) is 4.22. The van der Waals surface area contributed by atoms with Crippen LogP contribution in [0.1, 0.15) is 25.1 Å². The van der Waals surface area contributed by atoms with Crippen molar-refractivity contribution in [3.8, 4) is 11.5 Å². The maximum absolute atomic E-state index is 13.5. The van der Waals surface area contributed by atoms with E-state index < -0.39 is 21.4 Å². The highest BCUT2D eigenvalue weighted by Crippen LogP contribution is 2.38. The van der Waals surface area contributed by atoms with Crippen LogP contribution in [0.15, 0.2) is 22.7 Å². The smallest absolute Gasteiger partial charge is 0.260 e.